The minimum atomic E-state index is -0.160. The third-order valence-corrected chi connectivity index (χ3v) is 3.26. The van der Waals surface area contributed by atoms with E-state index in [0.717, 1.165) is 19.5 Å². The van der Waals surface area contributed by atoms with Crippen LogP contribution in [0.25, 0.3) is 0 Å². The van der Waals surface area contributed by atoms with Gasteiger partial charge >= 0.3 is 0 Å². The molecule has 0 aliphatic heterocycles. The normalized spacial score (nSPS) is 10.5. The molecule has 0 N–H and O–H groups in total. The third kappa shape index (κ3) is 9.62. The Balaban J connectivity index is 0.000000342. The third-order valence-electron chi connectivity index (χ3n) is 3.26. The zero-order chi connectivity index (χ0) is 14.7. The van der Waals surface area contributed by atoms with Crippen LogP contribution in [-0.4, -0.2) is 50.1 Å². The molecular weight excluding hydrogens is 239 g/mol. The van der Waals surface area contributed by atoms with E-state index in [1.165, 1.54) is 30.8 Å². The lowest BCUT2D eigenvalue weighted by Crippen LogP contribution is -2.30. The smallest absolute Gasteiger partial charge is 0.123 e. The number of hydrogen-bond donors (Lipinski definition) is 0. The van der Waals surface area contributed by atoms with E-state index in [1.54, 1.807) is 12.1 Å². The number of rotatable bonds is 6. The van der Waals surface area contributed by atoms with E-state index in [-0.39, 0.29) is 5.82 Å². The lowest BCUT2D eigenvalue weighted by Gasteiger charge is -2.18. The molecular formula is C16H29FN2. The minimum absolute atomic E-state index is 0.160. The zero-order valence-electron chi connectivity index (χ0n) is 13.1. The van der Waals surface area contributed by atoms with Crippen molar-refractivity contribution in [2.24, 2.45) is 0 Å². The molecule has 0 fully saturated rings. The van der Waals surface area contributed by atoms with Crippen LogP contribution in [0.2, 0.25) is 0 Å². The van der Waals surface area contributed by atoms with Gasteiger partial charge in [-0.2, -0.15) is 0 Å². The molecule has 19 heavy (non-hydrogen) atoms. The Morgan fingerprint density at radius 3 is 1.58 bits per heavy atom. The van der Waals surface area contributed by atoms with E-state index in [1.807, 2.05) is 6.92 Å². The summed E-state index contributed by atoms with van der Waals surface area (Å²) >= 11 is 0. The molecule has 0 saturated heterocycles. The summed E-state index contributed by atoms with van der Waals surface area (Å²) in [6, 6.07) is 6.57. The Bertz CT molecular complexity index is 301. The fourth-order valence-corrected chi connectivity index (χ4v) is 1.38. The first kappa shape index (κ1) is 18.1. The van der Waals surface area contributed by atoms with E-state index in [0.29, 0.717) is 0 Å². The van der Waals surface area contributed by atoms with Crippen molar-refractivity contribution >= 4 is 0 Å². The first-order valence-electron chi connectivity index (χ1n) is 7.14. The lowest BCUT2D eigenvalue weighted by molar-refractivity contribution is 0.271. The molecule has 0 spiro atoms. The van der Waals surface area contributed by atoms with Crippen molar-refractivity contribution in [1.29, 1.82) is 0 Å². The Kier molecular flexibility index (Phi) is 10.4. The molecule has 2 nitrogen and oxygen atoms in total. The molecule has 110 valence electrons. The topological polar surface area (TPSA) is 6.48 Å². The van der Waals surface area contributed by atoms with E-state index in [4.69, 9.17) is 0 Å². The molecule has 0 aliphatic carbocycles. The standard InChI is InChI=1S/C8H9F.C8H20N2/c1-2-7-3-5-8(9)6-4-7;1-5-9(3)7-8-10(4)6-2/h3-6H,2H2,1H3;5-8H2,1-4H3. The van der Waals surface area contributed by atoms with Crippen LogP contribution in [0.15, 0.2) is 24.3 Å². The summed E-state index contributed by atoms with van der Waals surface area (Å²) in [7, 11) is 4.31. The predicted molar refractivity (Wildman–Crippen MR) is 82.1 cm³/mol. The van der Waals surface area contributed by atoms with Crippen molar-refractivity contribution in [1.82, 2.24) is 9.80 Å². The van der Waals surface area contributed by atoms with Crippen LogP contribution in [0.3, 0.4) is 0 Å². The largest absolute Gasteiger partial charge is 0.305 e. The number of nitrogens with zero attached hydrogens (tertiary/aromatic N) is 2. The predicted octanol–water partition coefficient (Wildman–Crippen LogP) is 3.28. The second-order valence-corrected chi connectivity index (χ2v) is 4.77. The Morgan fingerprint density at radius 2 is 1.26 bits per heavy atom. The molecule has 3 heteroatoms. The fraction of sp³-hybridized carbons (Fsp3) is 0.625. The fourth-order valence-electron chi connectivity index (χ4n) is 1.38. The molecule has 1 aromatic rings. The molecule has 0 amide bonds. The Hall–Kier alpha value is -0.930. The van der Waals surface area contributed by atoms with Crippen LogP contribution in [0, 0.1) is 5.82 Å². The number of likely N-dealkylation sites (N-methyl/N-ethyl adjacent to an activating group) is 2. The van der Waals surface area contributed by atoms with Gasteiger partial charge in [0, 0.05) is 13.1 Å². The first-order valence-corrected chi connectivity index (χ1v) is 7.14. The second kappa shape index (κ2) is 10.9. The quantitative estimate of drug-likeness (QED) is 0.781. The van der Waals surface area contributed by atoms with Crippen LogP contribution in [-0.2, 0) is 6.42 Å². The number of halogens is 1. The van der Waals surface area contributed by atoms with Crippen molar-refractivity contribution in [2.45, 2.75) is 27.2 Å². The van der Waals surface area contributed by atoms with Gasteiger partial charge in [0.2, 0.25) is 0 Å². The molecule has 0 unspecified atom stereocenters. The number of benzene rings is 1. The van der Waals surface area contributed by atoms with Gasteiger partial charge in [0.1, 0.15) is 5.82 Å². The van der Waals surface area contributed by atoms with Gasteiger partial charge in [-0.25, -0.2) is 4.39 Å². The van der Waals surface area contributed by atoms with Crippen LogP contribution in [0.5, 0.6) is 0 Å². The number of aryl methyl sites for hydroxylation is 1. The Labute approximate surface area is 118 Å². The minimum Gasteiger partial charge on any atom is -0.305 e. The summed E-state index contributed by atoms with van der Waals surface area (Å²) in [5.41, 5.74) is 1.18. The van der Waals surface area contributed by atoms with Crippen LogP contribution in [0.4, 0.5) is 4.39 Å². The van der Waals surface area contributed by atoms with Gasteiger partial charge in [-0.05, 0) is 51.3 Å². The van der Waals surface area contributed by atoms with Crippen molar-refractivity contribution in [3.63, 3.8) is 0 Å². The van der Waals surface area contributed by atoms with Crippen molar-refractivity contribution in [2.75, 3.05) is 40.3 Å². The van der Waals surface area contributed by atoms with Crippen molar-refractivity contribution < 1.29 is 4.39 Å². The van der Waals surface area contributed by atoms with E-state index >= 15 is 0 Å². The summed E-state index contributed by atoms with van der Waals surface area (Å²) in [4.78, 5) is 4.65. The molecule has 0 saturated carbocycles. The summed E-state index contributed by atoms with van der Waals surface area (Å²) in [6.45, 7) is 11.1. The molecule has 0 heterocycles. The summed E-state index contributed by atoms with van der Waals surface area (Å²) in [6.07, 6.45) is 0.972. The van der Waals surface area contributed by atoms with Crippen molar-refractivity contribution in [3.8, 4) is 0 Å². The molecule has 1 aromatic carbocycles. The average molecular weight is 268 g/mol. The summed E-state index contributed by atoms with van der Waals surface area (Å²) in [5.74, 6) is -0.160. The van der Waals surface area contributed by atoms with Gasteiger partial charge in [0.15, 0.2) is 0 Å². The maximum Gasteiger partial charge on any atom is 0.123 e. The van der Waals surface area contributed by atoms with Gasteiger partial charge in [-0.1, -0.05) is 32.9 Å². The van der Waals surface area contributed by atoms with E-state index in [2.05, 4.69) is 37.7 Å². The molecule has 0 aliphatic rings. The van der Waals surface area contributed by atoms with Gasteiger partial charge in [-0.15, -0.1) is 0 Å². The lowest BCUT2D eigenvalue weighted by atomic mass is 10.2. The highest BCUT2D eigenvalue weighted by Crippen LogP contribution is 2.01. The van der Waals surface area contributed by atoms with Gasteiger partial charge < -0.3 is 9.80 Å². The van der Waals surface area contributed by atoms with Crippen LogP contribution < -0.4 is 0 Å². The highest BCUT2D eigenvalue weighted by atomic mass is 19.1. The Morgan fingerprint density at radius 1 is 0.842 bits per heavy atom. The van der Waals surface area contributed by atoms with Crippen LogP contribution >= 0.6 is 0 Å². The average Bonchev–Trinajstić information content (AvgIpc) is 2.45. The maximum atomic E-state index is 12.2. The van der Waals surface area contributed by atoms with Gasteiger partial charge in [0.05, 0.1) is 0 Å². The SMILES string of the molecule is CCN(C)CCN(C)CC.CCc1ccc(F)cc1. The monoisotopic (exact) mass is 268 g/mol. The zero-order valence-corrected chi connectivity index (χ0v) is 13.1. The van der Waals surface area contributed by atoms with E-state index in [9.17, 15) is 4.39 Å². The highest BCUT2D eigenvalue weighted by molar-refractivity contribution is 5.15. The molecule has 0 radical (unpaired) electrons. The highest BCUT2D eigenvalue weighted by Gasteiger charge is 1.96. The molecule has 0 aromatic heterocycles. The maximum absolute atomic E-state index is 12.2. The molecule has 0 bridgehead atoms. The second-order valence-electron chi connectivity index (χ2n) is 4.77. The summed E-state index contributed by atoms with van der Waals surface area (Å²) in [5, 5.41) is 0. The molecule has 1 rings (SSSR count). The summed E-state index contributed by atoms with van der Waals surface area (Å²) < 4.78 is 12.2. The van der Waals surface area contributed by atoms with E-state index < -0.39 is 0 Å². The van der Waals surface area contributed by atoms with Crippen LogP contribution in [0.1, 0.15) is 26.3 Å². The van der Waals surface area contributed by atoms with Crippen molar-refractivity contribution in [3.05, 3.63) is 35.6 Å². The van der Waals surface area contributed by atoms with Gasteiger partial charge in [-0.3, -0.25) is 0 Å². The van der Waals surface area contributed by atoms with Gasteiger partial charge in [0.25, 0.3) is 0 Å². The number of hydrogen-bond acceptors (Lipinski definition) is 2. The first-order chi connectivity index (χ1) is 9.03. The molecule has 0 atom stereocenters.